The van der Waals surface area contributed by atoms with Crippen LogP contribution in [-0.2, 0) is 11.2 Å². The van der Waals surface area contributed by atoms with Gasteiger partial charge in [0.05, 0.1) is 6.61 Å². The molecule has 17 heavy (non-hydrogen) atoms. The lowest BCUT2D eigenvalue weighted by Crippen LogP contribution is -2.21. The molecule has 0 radical (unpaired) electrons. The van der Waals surface area contributed by atoms with E-state index in [-0.39, 0.29) is 11.9 Å². The number of halogens is 1. The monoisotopic (exact) mass is 257 g/mol. The second kappa shape index (κ2) is 7.69. The molecule has 2 nitrogen and oxygen atoms in total. The van der Waals surface area contributed by atoms with Gasteiger partial charge in [-0.15, -0.1) is 11.8 Å². The predicted molar refractivity (Wildman–Crippen MR) is 71.0 cm³/mol. The summed E-state index contributed by atoms with van der Waals surface area (Å²) >= 11 is 1.47. The summed E-state index contributed by atoms with van der Waals surface area (Å²) in [4.78, 5) is 0.677. The van der Waals surface area contributed by atoms with Gasteiger partial charge >= 0.3 is 0 Å². The highest BCUT2D eigenvalue weighted by Crippen LogP contribution is 2.23. The maximum atomic E-state index is 13.7. The third-order valence-corrected chi connectivity index (χ3v) is 3.58. The number of benzene rings is 1. The van der Waals surface area contributed by atoms with Crippen molar-refractivity contribution in [3.05, 3.63) is 29.6 Å². The Bertz CT molecular complexity index is 346. The summed E-state index contributed by atoms with van der Waals surface area (Å²) in [6.07, 6.45) is 1.64. The van der Waals surface area contributed by atoms with E-state index in [0.717, 1.165) is 24.2 Å². The highest BCUT2D eigenvalue weighted by molar-refractivity contribution is 7.99. The van der Waals surface area contributed by atoms with Crippen LogP contribution in [0, 0.1) is 5.82 Å². The van der Waals surface area contributed by atoms with Crippen molar-refractivity contribution < 1.29 is 9.13 Å². The van der Waals surface area contributed by atoms with E-state index < -0.39 is 0 Å². The fourth-order valence-corrected chi connectivity index (χ4v) is 2.30. The molecule has 1 rings (SSSR count). The van der Waals surface area contributed by atoms with E-state index in [1.54, 1.807) is 13.2 Å². The number of rotatable bonds is 7. The van der Waals surface area contributed by atoms with Crippen LogP contribution in [0.3, 0.4) is 0 Å². The number of thioether (sulfide) groups is 1. The van der Waals surface area contributed by atoms with E-state index in [1.807, 2.05) is 19.1 Å². The lowest BCUT2D eigenvalue weighted by Gasteiger charge is -2.10. The molecule has 0 saturated heterocycles. The third kappa shape index (κ3) is 5.06. The second-order valence-electron chi connectivity index (χ2n) is 3.98. The summed E-state index contributed by atoms with van der Waals surface area (Å²) in [5, 5.41) is 0. The molecule has 0 aliphatic carbocycles. The molecule has 0 aromatic heterocycles. The van der Waals surface area contributed by atoms with Crippen LogP contribution in [0.15, 0.2) is 23.1 Å². The summed E-state index contributed by atoms with van der Waals surface area (Å²) in [6, 6.07) is 5.48. The molecule has 0 aliphatic heterocycles. The predicted octanol–water partition coefficient (Wildman–Crippen LogP) is 2.84. The number of hydrogen-bond acceptors (Lipinski definition) is 3. The van der Waals surface area contributed by atoms with Gasteiger partial charge in [-0.25, -0.2) is 4.39 Å². The SMILES string of the molecule is CCC(N)Cc1ccc(SCCOC)c(F)c1. The number of nitrogens with two attached hydrogens (primary N) is 1. The Morgan fingerprint density at radius 2 is 2.24 bits per heavy atom. The van der Waals surface area contributed by atoms with Gasteiger partial charge < -0.3 is 10.5 Å². The third-order valence-electron chi connectivity index (χ3n) is 2.56. The maximum Gasteiger partial charge on any atom is 0.137 e. The molecular formula is C13H20FNOS. The largest absolute Gasteiger partial charge is 0.384 e. The molecule has 0 heterocycles. The Kier molecular flexibility index (Phi) is 6.55. The van der Waals surface area contributed by atoms with Crippen LogP contribution < -0.4 is 5.73 Å². The van der Waals surface area contributed by atoms with Gasteiger partial charge in [0.15, 0.2) is 0 Å². The van der Waals surface area contributed by atoms with E-state index >= 15 is 0 Å². The lowest BCUT2D eigenvalue weighted by atomic mass is 10.0. The Hall–Kier alpha value is -0.580. The minimum atomic E-state index is -0.160. The van der Waals surface area contributed by atoms with Crippen LogP contribution >= 0.6 is 11.8 Å². The highest BCUT2D eigenvalue weighted by atomic mass is 32.2. The number of hydrogen-bond donors (Lipinski definition) is 1. The standard InChI is InChI=1S/C13H20FNOS/c1-3-11(15)8-10-4-5-13(12(14)9-10)17-7-6-16-2/h4-5,9,11H,3,6-8,15H2,1-2H3. The van der Waals surface area contributed by atoms with Crippen molar-refractivity contribution in [1.82, 2.24) is 0 Å². The zero-order valence-corrected chi connectivity index (χ0v) is 11.2. The van der Waals surface area contributed by atoms with Crippen molar-refractivity contribution >= 4 is 11.8 Å². The van der Waals surface area contributed by atoms with Crippen LogP contribution in [0.25, 0.3) is 0 Å². The van der Waals surface area contributed by atoms with Gasteiger partial charge in [-0.05, 0) is 30.5 Å². The van der Waals surface area contributed by atoms with Crippen LogP contribution in [0.5, 0.6) is 0 Å². The van der Waals surface area contributed by atoms with Gasteiger partial charge in [-0.1, -0.05) is 13.0 Å². The molecule has 2 N–H and O–H groups in total. The van der Waals surface area contributed by atoms with E-state index in [9.17, 15) is 4.39 Å². The first-order chi connectivity index (χ1) is 8.17. The Balaban J connectivity index is 2.59. The number of methoxy groups -OCH3 is 1. The smallest absolute Gasteiger partial charge is 0.137 e. The molecule has 1 atom stereocenters. The van der Waals surface area contributed by atoms with E-state index in [2.05, 4.69) is 0 Å². The normalized spacial score (nSPS) is 12.7. The van der Waals surface area contributed by atoms with Crippen molar-refractivity contribution in [3.63, 3.8) is 0 Å². The molecule has 1 unspecified atom stereocenters. The van der Waals surface area contributed by atoms with E-state index in [4.69, 9.17) is 10.5 Å². The molecule has 0 saturated carbocycles. The topological polar surface area (TPSA) is 35.2 Å². The van der Waals surface area contributed by atoms with Crippen molar-refractivity contribution in [2.75, 3.05) is 19.5 Å². The minimum absolute atomic E-state index is 0.112. The molecule has 0 spiro atoms. The number of ether oxygens (including phenoxy) is 1. The summed E-state index contributed by atoms with van der Waals surface area (Å²) in [5.41, 5.74) is 6.81. The molecule has 0 amide bonds. The Morgan fingerprint density at radius 1 is 1.47 bits per heavy atom. The van der Waals surface area contributed by atoms with Gasteiger partial charge in [0.1, 0.15) is 5.82 Å². The fourth-order valence-electron chi connectivity index (χ4n) is 1.47. The summed E-state index contributed by atoms with van der Waals surface area (Å²) in [7, 11) is 1.64. The van der Waals surface area contributed by atoms with Crippen LogP contribution in [0.2, 0.25) is 0 Å². The maximum absolute atomic E-state index is 13.7. The average Bonchev–Trinajstić information content (AvgIpc) is 2.32. The molecule has 1 aromatic carbocycles. The van der Waals surface area contributed by atoms with Crippen molar-refractivity contribution in [2.24, 2.45) is 5.73 Å². The summed E-state index contributed by atoms with van der Waals surface area (Å²) in [6.45, 7) is 2.67. The van der Waals surface area contributed by atoms with Crippen LogP contribution in [0.1, 0.15) is 18.9 Å². The Labute approximate surface area is 107 Å². The zero-order valence-electron chi connectivity index (χ0n) is 10.4. The minimum Gasteiger partial charge on any atom is -0.384 e. The summed E-state index contributed by atoms with van der Waals surface area (Å²) in [5.74, 6) is 0.605. The zero-order chi connectivity index (χ0) is 12.7. The first kappa shape index (κ1) is 14.5. The quantitative estimate of drug-likeness (QED) is 0.602. The van der Waals surface area contributed by atoms with Gasteiger partial charge in [0, 0.05) is 23.8 Å². The van der Waals surface area contributed by atoms with Gasteiger partial charge in [-0.2, -0.15) is 0 Å². The first-order valence-corrected chi connectivity index (χ1v) is 6.81. The molecule has 1 aromatic rings. The van der Waals surface area contributed by atoms with Gasteiger partial charge in [-0.3, -0.25) is 0 Å². The van der Waals surface area contributed by atoms with Gasteiger partial charge in [0.25, 0.3) is 0 Å². The van der Waals surface area contributed by atoms with Gasteiger partial charge in [0.2, 0.25) is 0 Å². The molecular weight excluding hydrogens is 237 g/mol. The molecule has 0 bridgehead atoms. The second-order valence-corrected chi connectivity index (χ2v) is 5.12. The van der Waals surface area contributed by atoms with Crippen LogP contribution in [0.4, 0.5) is 4.39 Å². The first-order valence-electron chi connectivity index (χ1n) is 5.83. The highest BCUT2D eigenvalue weighted by Gasteiger charge is 2.06. The molecule has 0 fully saturated rings. The summed E-state index contributed by atoms with van der Waals surface area (Å²) < 4.78 is 18.7. The fraction of sp³-hybridized carbons (Fsp3) is 0.538. The molecule has 96 valence electrons. The molecule has 4 heteroatoms. The van der Waals surface area contributed by atoms with Crippen molar-refractivity contribution in [3.8, 4) is 0 Å². The van der Waals surface area contributed by atoms with E-state index in [1.165, 1.54) is 11.8 Å². The molecule has 0 aliphatic rings. The Morgan fingerprint density at radius 3 is 2.82 bits per heavy atom. The van der Waals surface area contributed by atoms with E-state index in [0.29, 0.717) is 11.5 Å². The lowest BCUT2D eigenvalue weighted by molar-refractivity contribution is 0.218. The van der Waals surface area contributed by atoms with Crippen LogP contribution in [-0.4, -0.2) is 25.5 Å². The van der Waals surface area contributed by atoms with Crippen molar-refractivity contribution in [2.45, 2.75) is 30.7 Å². The average molecular weight is 257 g/mol. The van der Waals surface area contributed by atoms with Crippen molar-refractivity contribution in [1.29, 1.82) is 0 Å².